The molecular weight excluding hydrogens is 416 g/mol. The predicted octanol–water partition coefficient (Wildman–Crippen LogP) is 5.29. The van der Waals surface area contributed by atoms with E-state index < -0.39 is 0 Å². The number of nitrogens with zero attached hydrogens (tertiary/aromatic N) is 1. The van der Waals surface area contributed by atoms with Crippen molar-refractivity contribution in [1.82, 2.24) is 4.90 Å². The molecule has 2 aliphatic rings. The van der Waals surface area contributed by atoms with Gasteiger partial charge in [0.05, 0.1) is 6.04 Å². The van der Waals surface area contributed by atoms with Crippen LogP contribution in [0.4, 0.5) is 5.69 Å². The first kappa shape index (κ1) is 19.2. The number of hydrogen-bond acceptors (Lipinski definition) is 2. The Morgan fingerprint density at radius 2 is 1.82 bits per heavy atom. The molecule has 2 aromatic carbocycles. The summed E-state index contributed by atoms with van der Waals surface area (Å²) in [6.45, 7) is 0.0808. The summed E-state index contributed by atoms with van der Waals surface area (Å²) < 4.78 is 0.933. The van der Waals surface area contributed by atoms with Crippen LogP contribution < -0.4 is 5.32 Å². The van der Waals surface area contributed by atoms with Gasteiger partial charge in [-0.25, -0.2) is 0 Å². The summed E-state index contributed by atoms with van der Waals surface area (Å²) in [5.74, 6) is 0.369. The lowest BCUT2D eigenvalue weighted by Gasteiger charge is -2.32. The second-order valence-corrected chi connectivity index (χ2v) is 8.74. The van der Waals surface area contributed by atoms with Crippen molar-refractivity contribution < 1.29 is 9.59 Å². The van der Waals surface area contributed by atoms with E-state index in [9.17, 15) is 9.59 Å². The normalized spacial score (nSPS) is 20.2. The SMILES string of the molecule is O=C1CN(C(=O)CC2CCCCC2)C(c2ccccc2)c2cc(Br)ccc2N1. The number of carbonyl (C=O) groups is 2. The van der Waals surface area contributed by atoms with Crippen molar-refractivity contribution in [1.29, 1.82) is 0 Å². The van der Waals surface area contributed by atoms with Crippen LogP contribution in [0.1, 0.15) is 55.7 Å². The van der Waals surface area contributed by atoms with Crippen molar-refractivity contribution in [2.75, 3.05) is 11.9 Å². The number of carbonyl (C=O) groups excluding carboxylic acids is 2. The zero-order valence-corrected chi connectivity index (χ0v) is 17.5. The molecule has 4 rings (SSSR count). The molecule has 0 spiro atoms. The molecule has 0 aromatic heterocycles. The van der Waals surface area contributed by atoms with E-state index in [0.717, 1.165) is 34.1 Å². The standard InChI is InChI=1S/C23H25BrN2O2/c24-18-11-12-20-19(14-18)23(17-9-5-2-6-10-17)26(15-21(27)25-20)22(28)13-16-7-3-1-4-8-16/h2,5-6,9-12,14,16,23H,1,3-4,7-8,13,15H2,(H,25,27). The molecule has 1 N–H and O–H groups in total. The minimum atomic E-state index is -0.274. The third-order valence-corrected chi connectivity index (χ3v) is 6.32. The lowest BCUT2D eigenvalue weighted by Crippen LogP contribution is -2.39. The summed E-state index contributed by atoms with van der Waals surface area (Å²) in [6.07, 6.45) is 6.44. The van der Waals surface area contributed by atoms with Crippen LogP contribution in [-0.2, 0) is 9.59 Å². The highest BCUT2D eigenvalue weighted by Crippen LogP contribution is 2.38. The van der Waals surface area contributed by atoms with Crippen molar-refractivity contribution in [3.63, 3.8) is 0 Å². The number of rotatable bonds is 3. The highest BCUT2D eigenvalue weighted by atomic mass is 79.9. The molecule has 2 aromatic rings. The van der Waals surface area contributed by atoms with E-state index >= 15 is 0 Å². The molecule has 1 atom stereocenters. The van der Waals surface area contributed by atoms with E-state index in [0.29, 0.717) is 12.3 Å². The Hall–Kier alpha value is -2.14. The smallest absolute Gasteiger partial charge is 0.244 e. The molecular formula is C23H25BrN2O2. The third-order valence-electron chi connectivity index (χ3n) is 5.83. The number of amides is 2. The van der Waals surface area contributed by atoms with E-state index in [2.05, 4.69) is 21.2 Å². The molecule has 1 aliphatic heterocycles. The van der Waals surface area contributed by atoms with Gasteiger partial charge < -0.3 is 10.2 Å². The summed E-state index contributed by atoms with van der Waals surface area (Å²) in [6, 6.07) is 15.6. The fourth-order valence-electron chi connectivity index (χ4n) is 4.46. The van der Waals surface area contributed by atoms with Crippen LogP contribution in [0, 0.1) is 5.92 Å². The first-order chi connectivity index (χ1) is 13.6. The highest BCUT2D eigenvalue weighted by molar-refractivity contribution is 9.10. The Bertz CT molecular complexity index is 862. The topological polar surface area (TPSA) is 49.4 Å². The number of fused-ring (bicyclic) bond motifs is 1. The Morgan fingerprint density at radius 1 is 1.07 bits per heavy atom. The predicted molar refractivity (Wildman–Crippen MR) is 114 cm³/mol. The van der Waals surface area contributed by atoms with Gasteiger partial charge >= 0.3 is 0 Å². The molecule has 5 heteroatoms. The van der Waals surface area contributed by atoms with Gasteiger partial charge in [0, 0.05) is 22.1 Å². The van der Waals surface area contributed by atoms with Crippen molar-refractivity contribution >= 4 is 33.4 Å². The van der Waals surface area contributed by atoms with Gasteiger partial charge in [-0.15, -0.1) is 0 Å². The zero-order chi connectivity index (χ0) is 19.5. The first-order valence-electron chi connectivity index (χ1n) is 10.1. The lowest BCUT2D eigenvalue weighted by atomic mass is 9.86. The highest BCUT2D eigenvalue weighted by Gasteiger charge is 2.34. The second-order valence-electron chi connectivity index (χ2n) is 7.82. The molecule has 1 aliphatic carbocycles. The summed E-state index contributed by atoms with van der Waals surface area (Å²) in [7, 11) is 0. The maximum absolute atomic E-state index is 13.4. The molecule has 0 saturated heterocycles. The number of hydrogen-bond donors (Lipinski definition) is 1. The van der Waals surface area contributed by atoms with Crippen molar-refractivity contribution in [3.05, 3.63) is 64.1 Å². The molecule has 1 heterocycles. The van der Waals surface area contributed by atoms with Crippen LogP contribution in [-0.4, -0.2) is 23.3 Å². The fraction of sp³-hybridized carbons (Fsp3) is 0.391. The van der Waals surface area contributed by atoms with E-state index in [4.69, 9.17) is 0 Å². The fourth-order valence-corrected chi connectivity index (χ4v) is 4.84. The van der Waals surface area contributed by atoms with Gasteiger partial charge in [-0.2, -0.15) is 0 Å². The van der Waals surface area contributed by atoms with Crippen LogP contribution in [0.3, 0.4) is 0 Å². The molecule has 0 bridgehead atoms. The molecule has 28 heavy (non-hydrogen) atoms. The number of anilines is 1. The largest absolute Gasteiger partial charge is 0.324 e. The maximum Gasteiger partial charge on any atom is 0.244 e. The summed E-state index contributed by atoms with van der Waals surface area (Å²) >= 11 is 3.55. The van der Waals surface area contributed by atoms with E-state index in [1.54, 1.807) is 4.90 Å². The Kier molecular flexibility index (Phi) is 5.81. The lowest BCUT2D eigenvalue weighted by molar-refractivity contribution is -0.137. The quantitative estimate of drug-likeness (QED) is 0.704. The minimum Gasteiger partial charge on any atom is -0.324 e. The van der Waals surface area contributed by atoms with Gasteiger partial charge in [-0.1, -0.05) is 65.5 Å². The summed E-state index contributed by atoms with van der Waals surface area (Å²) in [5, 5.41) is 2.98. The third kappa shape index (κ3) is 4.14. The Morgan fingerprint density at radius 3 is 2.57 bits per heavy atom. The van der Waals surface area contributed by atoms with Crippen LogP contribution in [0.5, 0.6) is 0 Å². The van der Waals surface area contributed by atoms with E-state index in [1.807, 2.05) is 48.5 Å². The maximum atomic E-state index is 13.4. The monoisotopic (exact) mass is 440 g/mol. The minimum absolute atomic E-state index is 0.0729. The van der Waals surface area contributed by atoms with Gasteiger partial charge in [-0.3, -0.25) is 9.59 Å². The average Bonchev–Trinajstić information content (AvgIpc) is 2.85. The van der Waals surface area contributed by atoms with Gasteiger partial charge in [0.1, 0.15) is 6.54 Å². The van der Waals surface area contributed by atoms with Gasteiger partial charge in [0.15, 0.2) is 0 Å². The molecule has 2 amide bonds. The Labute approximate surface area is 174 Å². The van der Waals surface area contributed by atoms with E-state index in [1.165, 1.54) is 19.3 Å². The molecule has 1 unspecified atom stereocenters. The second kappa shape index (κ2) is 8.48. The first-order valence-corrected chi connectivity index (χ1v) is 10.8. The van der Waals surface area contributed by atoms with E-state index in [-0.39, 0.29) is 24.4 Å². The van der Waals surface area contributed by atoms with Crippen molar-refractivity contribution in [2.45, 2.75) is 44.6 Å². The molecule has 146 valence electrons. The molecule has 1 saturated carbocycles. The molecule has 1 fully saturated rings. The van der Waals surface area contributed by atoms with Gasteiger partial charge in [-0.05, 0) is 42.5 Å². The Balaban J connectivity index is 1.73. The van der Waals surface area contributed by atoms with Crippen LogP contribution in [0.15, 0.2) is 53.0 Å². The molecule has 4 nitrogen and oxygen atoms in total. The number of benzene rings is 2. The summed E-state index contributed by atoms with van der Waals surface area (Å²) in [4.78, 5) is 27.8. The van der Waals surface area contributed by atoms with Crippen LogP contribution in [0.25, 0.3) is 0 Å². The summed E-state index contributed by atoms with van der Waals surface area (Å²) in [5.41, 5.74) is 2.74. The zero-order valence-electron chi connectivity index (χ0n) is 15.9. The van der Waals surface area contributed by atoms with Crippen LogP contribution in [0.2, 0.25) is 0 Å². The average molecular weight is 441 g/mol. The van der Waals surface area contributed by atoms with Crippen LogP contribution >= 0.6 is 15.9 Å². The van der Waals surface area contributed by atoms with Gasteiger partial charge in [0.2, 0.25) is 11.8 Å². The number of nitrogens with one attached hydrogen (secondary N) is 1. The van der Waals surface area contributed by atoms with Crippen molar-refractivity contribution in [3.8, 4) is 0 Å². The van der Waals surface area contributed by atoms with Crippen molar-refractivity contribution in [2.24, 2.45) is 5.92 Å². The molecule has 0 radical (unpaired) electrons. The number of halogens is 1. The van der Waals surface area contributed by atoms with Gasteiger partial charge in [0.25, 0.3) is 0 Å².